The summed E-state index contributed by atoms with van der Waals surface area (Å²) in [4.78, 5) is 11.9. The van der Waals surface area contributed by atoms with Crippen LogP contribution in [0.25, 0.3) is 0 Å². The highest BCUT2D eigenvalue weighted by molar-refractivity contribution is 8.00. The molecule has 0 amide bonds. The van der Waals surface area contributed by atoms with Gasteiger partial charge in [0.1, 0.15) is 5.60 Å². The van der Waals surface area contributed by atoms with E-state index < -0.39 is 5.60 Å². The topological polar surface area (TPSA) is 38.3 Å². The second kappa shape index (κ2) is 8.06. The monoisotopic (exact) mass is 329 g/mol. The van der Waals surface area contributed by atoms with Gasteiger partial charge in [-0.1, -0.05) is 42.3 Å². The molecule has 0 saturated heterocycles. The predicted octanol–water partition coefficient (Wildman–Crippen LogP) is 4.94. The lowest BCUT2D eigenvalue weighted by molar-refractivity contribution is 0.00696. The summed E-state index contributed by atoms with van der Waals surface area (Å²) < 4.78 is 8.64. The highest BCUT2D eigenvalue weighted by Gasteiger charge is 2.17. The fourth-order valence-electron chi connectivity index (χ4n) is 1.96. The molecule has 0 atom stereocenters. The molecule has 122 valence electrons. The number of ether oxygens (including phenoxy) is 1. The molecule has 0 heterocycles. The van der Waals surface area contributed by atoms with Gasteiger partial charge < -0.3 is 9.46 Å². The van der Waals surface area contributed by atoms with Crippen LogP contribution in [0, 0.1) is 0 Å². The minimum Gasteiger partial charge on any atom is -0.456 e. The van der Waals surface area contributed by atoms with Crippen LogP contribution in [-0.4, -0.2) is 17.3 Å². The minimum absolute atomic E-state index is 0.291. The first-order valence-corrected chi connectivity index (χ1v) is 8.68. The smallest absolute Gasteiger partial charge is 0.338 e. The van der Waals surface area contributed by atoms with Crippen molar-refractivity contribution in [1.82, 2.24) is 0 Å². The number of carbonyl (C=O) groups excluding carboxylic acids is 1. The molecule has 2 rings (SSSR count). The Hall–Kier alpha value is -1.94. The number of anilines is 1. The summed E-state index contributed by atoms with van der Waals surface area (Å²) in [6.45, 7) is 5.60. The molecule has 0 saturated carbocycles. The summed E-state index contributed by atoms with van der Waals surface area (Å²) in [6.07, 6.45) is 1.02. The lowest BCUT2D eigenvalue weighted by Gasteiger charge is -2.19. The maximum atomic E-state index is 11.9. The van der Waals surface area contributed by atoms with Gasteiger partial charge >= 0.3 is 5.97 Å². The van der Waals surface area contributed by atoms with Gasteiger partial charge in [0.2, 0.25) is 0 Å². The van der Waals surface area contributed by atoms with E-state index in [4.69, 9.17) is 4.74 Å². The van der Waals surface area contributed by atoms with Gasteiger partial charge in [0.25, 0.3) is 0 Å². The largest absolute Gasteiger partial charge is 0.456 e. The molecule has 1 N–H and O–H groups in total. The van der Waals surface area contributed by atoms with E-state index in [-0.39, 0.29) is 5.97 Å². The van der Waals surface area contributed by atoms with E-state index in [1.54, 1.807) is 24.1 Å². The molecule has 0 aliphatic carbocycles. The van der Waals surface area contributed by atoms with E-state index in [0.29, 0.717) is 5.56 Å². The summed E-state index contributed by atoms with van der Waals surface area (Å²) in [5.74, 6) is 0.693. The zero-order valence-electron chi connectivity index (χ0n) is 13.8. The van der Waals surface area contributed by atoms with Gasteiger partial charge in [-0.25, -0.2) is 4.79 Å². The molecule has 0 unspecified atom stereocenters. The number of benzene rings is 2. The first-order chi connectivity index (χ1) is 10.9. The van der Waals surface area contributed by atoms with Crippen LogP contribution in [-0.2, 0) is 11.2 Å². The number of carbonyl (C=O) groups is 1. The molecule has 3 nitrogen and oxygen atoms in total. The van der Waals surface area contributed by atoms with E-state index in [9.17, 15) is 4.79 Å². The molecule has 0 radical (unpaired) electrons. The fraction of sp³-hybridized carbons (Fsp3) is 0.316. The molecule has 0 aliphatic heterocycles. The van der Waals surface area contributed by atoms with Crippen molar-refractivity contribution in [2.45, 2.75) is 32.8 Å². The summed E-state index contributed by atoms with van der Waals surface area (Å²) in [7, 11) is 0. The van der Waals surface area contributed by atoms with Crippen LogP contribution in [0.15, 0.2) is 54.6 Å². The average molecular weight is 329 g/mol. The quantitative estimate of drug-likeness (QED) is 0.462. The van der Waals surface area contributed by atoms with Crippen LogP contribution in [0.4, 0.5) is 5.69 Å². The van der Waals surface area contributed by atoms with Crippen molar-refractivity contribution in [1.29, 1.82) is 0 Å². The maximum absolute atomic E-state index is 11.9. The molecular weight excluding hydrogens is 306 g/mol. The third kappa shape index (κ3) is 6.37. The summed E-state index contributed by atoms with van der Waals surface area (Å²) in [6, 6.07) is 17.8. The number of nitrogens with one attached hydrogen (secondary N) is 1. The second-order valence-corrected chi connectivity index (χ2v) is 7.17. The standard InChI is InChI=1S/C19H23NO2S/c1-19(2,3)22-18(21)16-9-11-17(12-10-16)20-23-14-13-15-7-5-4-6-8-15/h4-12,20H,13-14H2,1-3H3. The maximum Gasteiger partial charge on any atom is 0.338 e. The van der Waals surface area contributed by atoms with Gasteiger partial charge in [-0.3, -0.25) is 0 Å². The Morgan fingerprint density at radius 2 is 1.70 bits per heavy atom. The zero-order chi connectivity index (χ0) is 16.7. The van der Waals surface area contributed by atoms with E-state index in [0.717, 1.165) is 17.9 Å². The van der Waals surface area contributed by atoms with Crippen LogP contribution >= 0.6 is 11.9 Å². The molecule has 2 aromatic rings. The van der Waals surface area contributed by atoms with E-state index in [1.165, 1.54) is 5.56 Å². The number of esters is 1. The Morgan fingerprint density at radius 3 is 2.30 bits per heavy atom. The van der Waals surface area contributed by atoms with Gasteiger partial charge in [-0.05, 0) is 57.0 Å². The summed E-state index contributed by atoms with van der Waals surface area (Å²) >= 11 is 1.66. The summed E-state index contributed by atoms with van der Waals surface area (Å²) in [5, 5.41) is 0. The van der Waals surface area contributed by atoms with Gasteiger partial charge in [-0.2, -0.15) is 0 Å². The molecule has 4 heteroatoms. The number of rotatable bonds is 6. The van der Waals surface area contributed by atoms with Crippen molar-refractivity contribution in [2.24, 2.45) is 0 Å². The highest BCUT2D eigenvalue weighted by atomic mass is 32.2. The van der Waals surface area contributed by atoms with Crippen LogP contribution < -0.4 is 4.72 Å². The van der Waals surface area contributed by atoms with Crippen molar-refractivity contribution in [3.8, 4) is 0 Å². The molecule has 0 fully saturated rings. The third-order valence-corrected chi connectivity index (χ3v) is 3.83. The Morgan fingerprint density at radius 1 is 1.04 bits per heavy atom. The van der Waals surface area contributed by atoms with Gasteiger partial charge in [-0.15, -0.1) is 0 Å². The van der Waals surface area contributed by atoms with Gasteiger partial charge in [0, 0.05) is 11.4 Å². The molecule has 0 bridgehead atoms. The Balaban J connectivity index is 1.78. The fourth-order valence-corrected chi connectivity index (χ4v) is 2.70. The van der Waals surface area contributed by atoms with E-state index in [2.05, 4.69) is 29.0 Å². The first-order valence-electron chi connectivity index (χ1n) is 7.69. The third-order valence-electron chi connectivity index (χ3n) is 3.05. The van der Waals surface area contributed by atoms with E-state index in [1.807, 2.05) is 39.0 Å². The molecule has 0 aromatic heterocycles. The normalized spacial score (nSPS) is 11.1. The van der Waals surface area contributed by atoms with Crippen LogP contribution in [0.2, 0.25) is 0 Å². The van der Waals surface area contributed by atoms with Gasteiger partial charge in [0.05, 0.1) is 5.56 Å². The predicted molar refractivity (Wildman–Crippen MR) is 97.8 cm³/mol. The molecule has 0 aliphatic rings. The van der Waals surface area contributed by atoms with Crippen LogP contribution in [0.3, 0.4) is 0 Å². The SMILES string of the molecule is CC(C)(C)OC(=O)c1ccc(NSCCc2ccccc2)cc1. The minimum atomic E-state index is -0.471. The Kier molecular flexibility index (Phi) is 6.11. The Bertz CT molecular complexity index is 618. The number of hydrogen-bond donors (Lipinski definition) is 1. The summed E-state index contributed by atoms with van der Waals surface area (Å²) in [5.41, 5.74) is 2.42. The van der Waals surface area contributed by atoms with Crippen molar-refractivity contribution >= 4 is 23.6 Å². The Labute approximate surface area is 142 Å². The lowest BCUT2D eigenvalue weighted by atomic mass is 10.1. The number of aryl methyl sites for hydroxylation is 1. The molecule has 0 spiro atoms. The van der Waals surface area contributed by atoms with Crippen molar-refractivity contribution < 1.29 is 9.53 Å². The van der Waals surface area contributed by atoms with Crippen molar-refractivity contribution in [3.05, 3.63) is 65.7 Å². The molecule has 23 heavy (non-hydrogen) atoms. The van der Waals surface area contributed by atoms with E-state index >= 15 is 0 Å². The molecular formula is C19H23NO2S. The van der Waals surface area contributed by atoms with Crippen molar-refractivity contribution in [3.63, 3.8) is 0 Å². The van der Waals surface area contributed by atoms with Gasteiger partial charge in [0.15, 0.2) is 0 Å². The van der Waals surface area contributed by atoms with Crippen LogP contribution in [0.5, 0.6) is 0 Å². The zero-order valence-corrected chi connectivity index (χ0v) is 14.7. The lowest BCUT2D eigenvalue weighted by Crippen LogP contribution is -2.23. The second-order valence-electron chi connectivity index (χ2n) is 6.27. The highest BCUT2D eigenvalue weighted by Crippen LogP contribution is 2.17. The number of hydrogen-bond acceptors (Lipinski definition) is 4. The molecule has 2 aromatic carbocycles. The average Bonchev–Trinajstić information content (AvgIpc) is 2.51. The van der Waals surface area contributed by atoms with Crippen LogP contribution in [0.1, 0.15) is 36.7 Å². The van der Waals surface area contributed by atoms with Crippen molar-refractivity contribution in [2.75, 3.05) is 10.5 Å². The first kappa shape index (κ1) is 17.4.